The average Bonchev–Trinajstić information content (AvgIpc) is 2.76. The fourth-order valence-corrected chi connectivity index (χ4v) is 5.53. The van der Waals surface area contributed by atoms with Gasteiger partial charge in [0.1, 0.15) is 5.82 Å². The van der Waals surface area contributed by atoms with E-state index < -0.39 is 21.7 Å². The van der Waals surface area contributed by atoms with E-state index in [9.17, 15) is 17.6 Å². The molecule has 1 amide bonds. The molecule has 2 aromatic rings. The number of benzene rings is 2. The molecule has 31 heavy (non-hydrogen) atoms. The van der Waals surface area contributed by atoms with Crippen molar-refractivity contribution in [2.75, 3.05) is 36.4 Å². The second-order valence-electron chi connectivity index (χ2n) is 7.39. The van der Waals surface area contributed by atoms with Crippen molar-refractivity contribution in [2.24, 2.45) is 0 Å². The largest absolute Gasteiger partial charge is 0.370 e. The highest BCUT2D eigenvalue weighted by Crippen LogP contribution is 2.32. The first kappa shape index (κ1) is 23.5. The molecule has 1 N–H and O–H groups in total. The number of rotatable bonds is 7. The van der Waals surface area contributed by atoms with Crippen LogP contribution in [0.25, 0.3) is 0 Å². The first-order chi connectivity index (χ1) is 14.8. The third-order valence-corrected chi connectivity index (χ3v) is 7.66. The van der Waals surface area contributed by atoms with Crippen molar-refractivity contribution in [1.82, 2.24) is 4.31 Å². The lowest BCUT2D eigenvalue weighted by atomic mass is 10.2. The molecule has 1 fully saturated rings. The lowest BCUT2D eigenvalue weighted by Gasteiger charge is -2.28. The summed E-state index contributed by atoms with van der Waals surface area (Å²) in [4.78, 5) is 15.0. The van der Waals surface area contributed by atoms with E-state index in [-0.39, 0.29) is 15.5 Å². The number of nitrogens with zero attached hydrogens (tertiary/aromatic N) is 2. The SMILES string of the molecule is CCN(CC)c1ccc(S(=O)(=O)N2CCCCC2)cc1NC(=O)c1ccc(F)cc1Cl. The quantitative estimate of drug-likeness (QED) is 0.637. The fraction of sp³-hybridized carbons (Fsp3) is 0.409. The van der Waals surface area contributed by atoms with Gasteiger partial charge in [-0.2, -0.15) is 4.31 Å². The summed E-state index contributed by atoms with van der Waals surface area (Å²) in [6, 6.07) is 8.32. The summed E-state index contributed by atoms with van der Waals surface area (Å²) in [6.45, 7) is 6.29. The summed E-state index contributed by atoms with van der Waals surface area (Å²) >= 11 is 6.04. The molecular formula is C22H27ClFN3O3S. The molecular weight excluding hydrogens is 441 g/mol. The fourth-order valence-electron chi connectivity index (χ4n) is 3.73. The highest BCUT2D eigenvalue weighted by atomic mass is 35.5. The molecule has 6 nitrogen and oxygen atoms in total. The minimum atomic E-state index is -3.67. The molecule has 1 aliphatic rings. The highest BCUT2D eigenvalue weighted by molar-refractivity contribution is 7.89. The van der Waals surface area contributed by atoms with Gasteiger partial charge in [-0.3, -0.25) is 4.79 Å². The molecule has 1 saturated heterocycles. The van der Waals surface area contributed by atoms with Gasteiger partial charge in [-0.25, -0.2) is 12.8 Å². The topological polar surface area (TPSA) is 69.7 Å². The Bertz CT molecular complexity index is 1050. The Labute approximate surface area is 188 Å². The van der Waals surface area contributed by atoms with Gasteiger partial charge in [-0.15, -0.1) is 0 Å². The van der Waals surface area contributed by atoms with Crippen LogP contribution < -0.4 is 10.2 Å². The summed E-state index contributed by atoms with van der Waals surface area (Å²) in [5.41, 5.74) is 1.18. The van der Waals surface area contributed by atoms with E-state index in [0.29, 0.717) is 37.6 Å². The lowest BCUT2D eigenvalue weighted by Crippen LogP contribution is -2.35. The van der Waals surface area contributed by atoms with Crippen LogP contribution >= 0.6 is 11.6 Å². The van der Waals surface area contributed by atoms with Gasteiger partial charge in [0.2, 0.25) is 10.0 Å². The molecule has 9 heteroatoms. The van der Waals surface area contributed by atoms with E-state index in [0.717, 1.165) is 31.4 Å². The Kier molecular flexibility index (Phi) is 7.56. The van der Waals surface area contributed by atoms with Crippen LogP contribution in [-0.4, -0.2) is 44.8 Å². The van der Waals surface area contributed by atoms with E-state index in [1.807, 2.05) is 18.7 Å². The molecule has 168 valence electrons. The van der Waals surface area contributed by atoms with Crippen LogP contribution in [-0.2, 0) is 10.0 Å². The Balaban J connectivity index is 2.00. The second-order valence-corrected chi connectivity index (χ2v) is 9.74. The second kappa shape index (κ2) is 9.97. The van der Waals surface area contributed by atoms with Crippen molar-refractivity contribution in [3.8, 4) is 0 Å². The zero-order valence-corrected chi connectivity index (χ0v) is 19.3. The molecule has 0 aliphatic carbocycles. The van der Waals surface area contributed by atoms with Crippen molar-refractivity contribution in [1.29, 1.82) is 0 Å². The van der Waals surface area contributed by atoms with Crippen LogP contribution in [0.5, 0.6) is 0 Å². The minimum Gasteiger partial charge on any atom is -0.370 e. The van der Waals surface area contributed by atoms with Gasteiger partial charge < -0.3 is 10.2 Å². The number of anilines is 2. The number of hydrogen-bond donors (Lipinski definition) is 1. The number of sulfonamides is 1. The van der Waals surface area contributed by atoms with Gasteiger partial charge in [0, 0.05) is 26.2 Å². The van der Waals surface area contributed by atoms with Crippen molar-refractivity contribution in [3.63, 3.8) is 0 Å². The van der Waals surface area contributed by atoms with Gasteiger partial charge in [0.25, 0.3) is 5.91 Å². The van der Waals surface area contributed by atoms with E-state index in [4.69, 9.17) is 11.6 Å². The third-order valence-electron chi connectivity index (χ3n) is 5.45. The average molecular weight is 468 g/mol. The third kappa shape index (κ3) is 5.19. The van der Waals surface area contributed by atoms with Crippen molar-refractivity contribution in [3.05, 3.63) is 52.8 Å². The molecule has 2 aromatic carbocycles. The molecule has 0 saturated carbocycles. The molecule has 0 bridgehead atoms. The summed E-state index contributed by atoms with van der Waals surface area (Å²) in [5, 5.41) is 2.77. The Hall–Kier alpha value is -2.16. The van der Waals surface area contributed by atoms with Crippen molar-refractivity contribution in [2.45, 2.75) is 38.0 Å². The monoisotopic (exact) mass is 467 g/mol. The smallest absolute Gasteiger partial charge is 0.257 e. The normalized spacial score (nSPS) is 15.0. The van der Waals surface area contributed by atoms with Gasteiger partial charge in [0.15, 0.2) is 0 Å². The molecule has 0 atom stereocenters. The van der Waals surface area contributed by atoms with Crippen LogP contribution in [0.4, 0.5) is 15.8 Å². The maximum atomic E-state index is 13.4. The Morgan fingerprint density at radius 1 is 1.10 bits per heavy atom. The van der Waals surface area contributed by atoms with E-state index in [1.165, 1.54) is 16.4 Å². The molecule has 3 rings (SSSR count). The van der Waals surface area contributed by atoms with Crippen molar-refractivity contribution < 1.29 is 17.6 Å². The molecule has 1 heterocycles. The summed E-state index contributed by atoms with van der Waals surface area (Å²) in [7, 11) is -3.67. The highest BCUT2D eigenvalue weighted by Gasteiger charge is 2.27. The number of amides is 1. The Morgan fingerprint density at radius 2 is 1.77 bits per heavy atom. The van der Waals surface area contributed by atoms with E-state index in [1.54, 1.807) is 12.1 Å². The molecule has 0 unspecified atom stereocenters. The number of carbonyl (C=O) groups excluding carboxylic acids is 1. The minimum absolute atomic E-state index is 0.0148. The predicted molar refractivity (Wildman–Crippen MR) is 122 cm³/mol. The Morgan fingerprint density at radius 3 is 2.39 bits per heavy atom. The van der Waals surface area contributed by atoms with Crippen LogP contribution in [0.2, 0.25) is 5.02 Å². The number of piperidine rings is 1. The van der Waals surface area contributed by atoms with E-state index in [2.05, 4.69) is 5.32 Å². The van der Waals surface area contributed by atoms with Crippen LogP contribution in [0.1, 0.15) is 43.5 Å². The maximum Gasteiger partial charge on any atom is 0.257 e. The van der Waals surface area contributed by atoms with Gasteiger partial charge in [-0.05, 0) is 63.1 Å². The summed E-state index contributed by atoms with van der Waals surface area (Å²) < 4.78 is 41.1. The molecule has 0 radical (unpaired) electrons. The van der Waals surface area contributed by atoms with E-state index >= 15 is 0 Å². The molecule has 1 aliphatic heterocycles. The van der Waals surface area contributed by atoms with Gasteiger partial charge in [0.05, 0.1) is 26.9 Å². The molecule has 0 aromatic heterocycles. The van der Waals surface area contributed by atoms with Crippen LogP contribution in [0.3, 0.4) is 0 Å². The number of carbonyl (C=O) groups is 1. The first-order valence-electron chi connectivity index (χ1n) is 10.4. The predicted octanol–water partition coefficient (Wildman–Crippen LogP) is 4.75. The summed E-state index contributed by atoms with van der Waals surface area (Å²) in [5.74, 6) is -1.08. The zero-order chi connectivity index (χ0) is 22.6. The number of hydrogen-bond acceptors (Lipinski definition) is 4. The molecule has 0 spiro atoms. The first-order valence-corrected chi connectivity index (χ1v) is 12.2. The number of halogens is 2. The summed E-state index contributed by atoms with van der Waals surface area (Å²) in [6.07, 6.45) is 2.69. The van der Waals surface area contributed by atoms with Crippen LogP contribution in [0.15, 0.2) is 41.3 Å². The van der Waals surface area contributed by atoms with Crippen molar-refractivity contribution >= 4 is 38.9 Å². The van der Waals surface area contributed by atoms with Crippen LogP contribution in [0, 0.1) is 5.82 Å². The number of nitrogens with one attached hydrogen (secondary N) is 1. The van der Waals surface area contributed by atoms with Gasteiger partial charge in [-0.1, -0.05) is 18.0 Å². The lowest BCUT2D eigenvalue weighted by molar-refractivity contribution is 0.102. The van der Waals surface area contributed by atoms with Gasteiger partial charge >= 0.3 is 0 Å². The zero-order valence-electron chi connectivity index (χ0n) is 17.7. The standard InChI is InChI=1S/C22H27ClFN3O3S/c1-3-26(4-2)21-11-9-17(31(29,30)27-12-6-5-7-13-27)15-20(21)25-22(28)18-10-8-16(24)14-19(18)23/h8-11,14-15H,3-7,12-13H2,1-2H3,(H,25,28). The maximum absolute atomic E-state index is 13.4.